The third-order valence-corrected chi connectivity index (χ3v) is 7.30. The van der Waals surface area contributed by atoms with Crippen molar-refractivity contribution < 1.29 is 0 Å². The highest BCUT2D eigenvalue weighted by Gasteiger charge is 2.17. The fourth-order valence-electron chi connectivity index (χ4n) is 4.72. The van der Waals surface area contributed by atoms with Crippen LogP contribution in [0.3, 0.4) is 0 Å². The number of nitrogens with one attached hydrogen (secondary N) is 1. The number of aromatic amines is 1. The Hall–Kier alpha value is -2.14. The first-order valence-electron chi connectivity index (χ1n) is 11.1. The highest BCUT2D eigenvalue weighted by atomic mass is 79.9. The normalized spacial score (nSPS) is 21.2. The summed E-state index contributed by atoms with van der Waals surface area (Å²) in [5, 5.41) is 8.46. The van der Waals surface area contributed by atoms with Crippen LogP contribution in [0.15, 0.2) is 47.3 Å². The largest absolute Gasteiger partial charge is 0.398 e. The quantitative estimate of drug-likeness (QED) is 0.331. The summed E-state index contributed by atoms with van der Waals surface area (Å²) in [5.74, 6) is 0.520. The van der Waals surface area contributed by atoms with Gasteiger partial charge in [-0.25, -0.2) is 5.10 Å². The molecule has 4 rings (SSSR count). The van der Waals surface area contributed by atoms with Gasteiger partial charge in [0.1, 0.15) is 0 Å². The fourth-order valence-corrected chi connectivity index (χ4v) is 5.37. The summed E-state index contributed by atoms with van der Waals surface area (Å²) >= 11 is 3.83. The third kappa shape index (κ3) is 4.77. The van der Waals surface area contributed by atoms with Gasteiger partial charge in [0, 0.05) is 21.5 Å². The van der Waals surface area contributed by atoms with Crippen LogP contribution in [0.1, 0.15) is 69.3 Å². The molecule has 5 heteroatoms. The van der Waals surface area contributed by atoms with Crippen molar-refractivity contribution in [2.24, 2.45) is 0 Å². The Morgan fingerprint density at radius 2 is 1.57 bits per heavy atom. The number of aromatic nitrogens is 2. The minimum absolute atomic E-state index is 0.165. The molecule has 2 unspecified atom stereocenters. The molecule has 0 spiro atoms. The summed E-state index contributed by atoms with van der Waals surface area (Å²) in [7, 11) is 0. The molecule has 30 heavy (non-hydrogen) atoms. The van der Waals surface area contributed by atoms with Gasteiger partial charge in [0.15, 0.2) is 0 Å². The Labute approximate surface area is 186 Å². The zero-order chi connectivity index (χ0) is 20.9. The molecule has 0 aliphatic heterocycles. The first-order valence-corrected chi connectivity index (χ1v) is 12.1. The number of fused-ring (bicyclic) bond motifs is 1. The molecule has 158 valence electrons. The molecule has 0 amide bonds. The Morgan fingerprint density at radius 3 is 2.33 bits per heavy atom. The number of halogens is 1. The van der Waals surface area contributed by atoms with Gasteiger partial charge in [-0.1, -0.05) is 78.4 Å². The molecule has 2 aromatic carbocycles. The smallest absolute Gasteiger partial charge is 0.272 e. The van der Waals surface area contributed by atoms with Gasteiger partial charge in [-0.15, -0.1) is 0 Å². The van der Waals surface area contributed by atoms with Crippen LogP contribution >= 0.6 is 15.9 Å². The van der Waals surface area contributed by atoms with Crippen molar-refractivity contribution in [2.45, 2.75) is 68.5 Å². The van der Waals surface area contributed by atoms with Crippen molar-refractivity contribution in [1.82, 2.24) is 10.2 Å². The van der Waals surface area contributed by atoms with Crippen molar-refractivity contribution in [2.75, 3.05) is 5.73 Å². The minimum Gasteiger partial charge on any atom is -0.398 e. The predicted octanol–water partition coefficient (Wildman–Crippen LogP) is 6.54. The van der Waals surface area contributed by atoms with E-state index in [0.717, 1.165) is 22.3 Å². The summed E-state index contributed by atoms with van der Waals surface area (Å²) in [6, 6.07) is 13.9. The van der Waals surface area contributed by atoms with Gasteiger partial charge in [-0.3, -0.25) is 4.79 Å². The molecular weight excluding hydrogens is 438 g/mol. The Morgan fingerprint density at radius 1 is 0.900 bits per heavy atom. The summed E-state index contributed by atoms with van der Waals surface area (Å²) in [6.07, 6.45) is 11.4. The van der Waals surface area contributed by atoms with Crippen molar-refractivity contribution in [3.05, 3.63) is 58.4 Å². The SMILES string of the molecule is Nc1cc(-c2n[nH]c(=O)c3ccccc23)ccc1C1CCCCCC(Br)CCCC1. The molecule has 0 radical (unpaired) electrons. The van der Waals surface area contributed by atoms with Crippen LogP contribution in [0.2, 0.25) is 0 Å². The molecule has 1 aromatic heterocycles. The van der Waals surface area contributed by atoms with Crippen LogP contribution in [0.5, 0.6) is 0 Å². The van der Waals surface area contributed by atoms with Crippen LogP contribution in [0.25, 0.3) is 22.0 Å². The molecular formula is C25H30BrN3O. The van der Waals surface area contributed by atoms with Gasteiger partial charge in [-0.2, -0.15) is 5.10 Å². The van der Waals surface area contributed by atoms with E-state index in [2.05, 4.69) is 38.3 Å². The topological polar surface area (TPSA) is 71.8 Å². The van der Waals surface area contributed by atoms with E-state index in [1.165, 1.54) is 63.4 Å². The molecule has 3 N–H and O–H groups in total. The van der Waals surface area contributed by atoms with Crippen molar-refractivity contribution in [3.63, 3.8) is 0 Å². The first kappa shape index (κ1) is 21.1. The molecule has 1 aliphatic rings. The number of rotatable bonds is 2. The van der Waals surface area contributed by atoms with E-state index in [1.807, 2.05) is 30.3 Å². The van der Waals surface area contributed by atoms with Crippen molar-refractivity contribution in [1.29, 1.82) is 0 Å². The van der Waals surface area contributed by atoms with Crippen LogP contribution in [0, 0.1) is 0 Å². The molecule has 1 fully saturated rings. The van der Waals surface area contributed by atoms with Crippen molar-refractivity contribution in [3.8, 4) is 11.3 Å². The van der Waals surface area contributed by atoms with Crippen molar-refractivity contribution >= 4 is 32.4 Å². The summed E-state index contributed by atoms with van der Waals surface area (Å²) in [4.78, 5) is 12.8. The monoisotopic (exact) mass is 467 g/mol. The Kier molecular flexibility index (Phi) is 6.88. The highest BCUT2D eigenvalue weighted by Crippen LogP contribution is 2.36. The number of H-pyrrole nitrogens is 1. The Balaban J connectivity index is 1.61. The zero-order valence-electron chi connectivity index (χ0n) is 17.4. The standard InChI is InChI=1S/C25H30BrN3O/c26-19-10-3-1-2-8-17(9-4-5-11-19)20-15-14-18(16-23(20)27)24-21-12-6-7-13-22(21)25(30)29-28-24/h6-7,12-17,19H,1-5,8-11,27H2,(H,29,30). The number of alkyl halides is 1. The van der Waals surface area contributed by atoms with Gasteiger partial charge in [0.2, 0.25) is 0 Å². The van der Waals surface area contributed by atoms with Crippen LogP contribution in [-0.4, -0.2) is 15.0 Å². The molecule has 1 aliphatic carbocycles. The van der Waals surface area contributed by atoms with Crippen LogP contribution in [0.4, 0.5) is 5.69 Å². The summed E-state index contributed by atoms with van der Waals surface area (Å²) in [6.45, 7) is 0. The lowest BCUT2D eigenvalue weighted by Gasteiger charge is -2.20. The fraction of sp³-hybridized carbons (Fsp3) is 0.440. The van der Waals surface area contributed by atoms with Crippen LogP contribution in [-0.2, 0) is 0 Å². The molecule has 1 saturated carbocycles. The predicted molar refractivity (Wildman–Crippen MR) is 129 cm³/mol. The minimum atomic E-state index is -0.165. The summed E-state index contributed by atoms with van der Waals surface area (Å²) in [5.41, 5.74) is 10.2. The first-order chi connectivity index (χ1) is 14.6. The lowest BCUT2D eigenvalue weighted by Crippen LogP contribution is -2.09. The maximum Gasteiger partial charge on any atom is 0.272 e. The molecule has 3 aromatic rings. The van der Waals surface area contributed by atoms with E-state index < -0.39 is 0 Å². The van der Waals surface area contributed by atoms with Gasteiger partial charge in [0.05, 0.1) is 11.1 Å². The lowest BCUT2D eigenvalue weighted by atomic mass is 9.87. The van der Waals surface area contributed by atoms with E-state index >= 15 is 0 Å². The number of nitrogen functional groups attached to an aromatic ring is 1. The second kappa shape index (κ2) is 9.78. The van der Waals surface area contributed by atoms with E-state index in [-0.39, 0.29) is 5.56 Å². The third-order valence-electron chi connectivity index (χ3n) is 6.39. The maximum atomic E-state index is 12.1. The molecule has 1 heterocycles. The zero-order valence-corrected chi connectivity index (χ0v) is 19.0. The van der Waals surface area contributed by atoms with Gasteiger partial charge >= 0.3 is 0 Å². The number of hydrogen-bond donors (Lipinski definition) is 2. The lowest BCUT2D eigenvalue weighted by molar-refractivity contribution is 0.515. The average Bonchev–Trinajstić information content (AvgIpc) is 2.80. The molecule has 0 bridgehead atoms. The maximum absolute atomic E-state index is 12.1. The number of anilines is 1. The van der Waals surface area contributed by atoms with Gasteiger partial charge < -0.3 is 5.73 Å². The molecule has 2 atom stereocenters. The second-order valence-electron chi connectivity index (χ2n) is 8.51. The van der Waals surface area contributed by atoms with Gasteiger partial charge in [0.25, 0.3) is 5.56 Å². The second-order valence-corrected chi connectivity index (χ2v) is 9.80. The number of nitrogens with two attached hydrogens (primary N) is 1. The van der Waals surface area contributed by atoms with Gasteiger partial charge in [-0.05, 0) is 49.3 Å². The Bertz CT molecular complexity index is 1060. The number of nitrogens with zero attached hydrogens (tertiary/aromatic N) is 1. The summed E-state index contributed by atoms with van der Waals surface area (Å²) < 4.78 is 0. The average molecular weight is 468 g/mol. The van der Waals surface area contributed by atoms with E-state index in [4.69, 9.17) is 5.73 Å². The highest BCUT2D eigenvalue weighted by molar-refractivity contribution is 9.09. The number of hydrogen-bond acceptors (Lipinski definition) is 3. The van der Waals surface area contributed by atoms with E-state index in [0.29, 0.717) is 16.1 Å². The van der Waals surface area contributed by atoms with E-state index in [9.17, 15) is 4.79 Å². The number of benzene rings is 2. The van der Waals surface area contributed by atoms with Crippen LogP contribution < -0.4 is 11.3 Å². The molecule has 0 saturated heterocycles. The molecule has 4 nitrogen and oxygen atoms in total. The van der Waals surface area contributed by atoms with E-state index in [1.54, 1.807) is 0 Å².